The first-order valence-corrected chi connectivity index (χ1v) is 8.50. The molecular formula is C16H18BrNOS. The van der Waals surface area contributed by atoms with Gasteiger partial charge < -0.3 is 10.4 Å². The maximum Gasteiger partial charge on any atom is 0.118 e. The number of nitrogens with one attached hydrogen (secondary N) is 1. The standard InChI is InChI=1S/C16H18BrNOS/c1-9-7-14(19)10(2)6-13(9)18-12-4-3-5-15-11(12)8-16(17)20-15/h6-8,12,18-19H,3-5H2,1-2H3. The number of fused-ring (bicyclic) bond motifs is 1. The van der Waals surface area contributed by atoms with Gasteiger partial charge in [-0.25, -0.2) is 0 Å². The Bertz CT molecular complexity index is 650. The van der Waals surface area contributed by atoms with Crippen LogP contribution < -0.4 is 5.32 Å². The van der Waals surface area contributed by atoms with Crippen molar-refractivity contribution in [3.05, 3.63) is 43.6 Å². The van der Waals surface area contributed by atoms with Gasteiger partial charge in [-0.1, -0.05) is 0 Å². The third-order valence-electron chi connectivity index (χ3n) is 3.96. The van der Waals surface area contributed by atoms with E-state index in [1.165, 1.54) is 27.1 Å². The van der Waals surface area contributed by atoms with E-state index in [4.69, 9.17) is 0 Å². The van der Waals surface area contributed by atoms with E-state index in [0.29, 0.717) is 11.8 Å². The molecule has 1 aliphatic carbocycles. The summed E-state index contributed by atoms with van der Waals surface area (Å²) in [5.41, 5.74) is 4.56. The normalized spacial score (nSPS) is 17.9. The molecule has 0 bridgehead atoms. The molecule has 20 heavy (non-hydrogen) atoms. The number of rotatable bonds is 2. The summed E-state index contributed by atoms with van der Waals surface area (Å²) in [5.74, 6) is 0.371. The molecule has 2 nitrogen and oxygen atoms in total. The van der Waals surface area contributed by atoms with Crippen molar-refractivity contribution in [1.82, 2.24) is 0 Å². The highest BCUT2D eigenvalue weighted by Gasteiger charge is 2.23. The van der Waals surface area contributed by atoms with Crippen LogP contribution in [0, 0.1) is 13.8 Å². The lowest BCUT2D eigenvalue weighted by atomic mass is 9.93. The highest BCUT2D eigenvalue weighted by molar-refractivity contribution is 9.11. The van der Waals surface area contributed by atoms with Crippen LogP contribution in [0.4, 0.5) is 5.69 Å². The molecule has 3 rings (SSSR count). The molecular weight excluding hydrogens is 334 g/mol. The van der Waals surface area contributed by atoms with Gasteiger partial charge in [0.15, 0.2) is 0 Å². The molecule has 2 aromatic rings. The molecule has 1 aliphatic rings. The zero-order chi connectivity index (χ0) is 14.3. The van der Waals surface area contributed by atoms with E-state index >= 15 is 0 Å². The number of phenolic OH excluding ortho intramolecular Hbond substituents is 1. The molecule has 0 saturated carbocycles. The summed E-state index contributed by atoms with van der Waals surface area (Å²) in [5, 5.41) is 13.4. The lowest BCUT2D eigenvalue weighted by Gasteiger charge is -2.25. The van der Waals surface area contributed by atoms with Gasteiger partial charge in [0.1, 0.15) is 5.75 Å². The zero-order valence-corrected chi connectivity index (χ0v) is 14.1. The number of phenols is 1. The highest BCUT2D eigenvalue weighted by atomic mass is 79.9. The predicted molar refractivity (Wildman–Crippen MR) is 88.9 cm³/mol. The fraction of sp³-hybridized carbons (Fsp3) is 0.375. The minimum atomic E-state index is 0.371. The van der Waals surface area contributed by atoms with E-state index in [-0.39, 0.29) is 0 Å². The number of benzene rings is 1. The number of aromatic hydroxyl groups is 1. The van der Waals surface area contributed by atoms with Gasteiger partial charge >= 0.3 is 0 Å². The summed E-state index contributed by atoms with van der Waals surface area (Å²) in [6, 6.07) is 6.51. The van der Waals surface area contributed by atoms with Gasteiger partial charge in [-0.15, -0.1) is 11.3 Å². The Kier molecular flexibility index (Phi) is 3.78. The molecule has 0 spiro atoms. The quantitative estimate of drug-likeness (QED) is 0.717. The topological polar surface area (TPSA) is 32.3 Å². The molecule has 0 saturated heterocycles. The van der Waals surface area contributed by atoms with Gasteiger partial charge in [0, 0.05) is 10.6 Å². The monoisotopic (exact) mass is 351 g/mol. The first kappa shape index (κ1) is 14.0. The van der Waals surface area contributed by atoms with Crippen LogP contribution in [0.15, 0.2) is 22.0 Å². The molecule has 0 aliphatic heterocycles. The van der Waals surface area contributed by atoms with E-state index in [2.05, 4.69) is 27.3 Å². The second kappa shape index (κ2) is 5.41. The van der Waals surface area contributed by atoms with Crippen molar-refractivity contribution in [3.8, 4) is 5.75 Å². The zero-order valence-electron chi connectivity index (χ0n) is 11.7. The van der Waals surface area contributed by atoms with Gasteiger partial charge in [-0.05, 0) is 83.9 Å². The van der Waals surface area contributed by atoms with Crippen LogP contribution in [-0.2, 0) is 6.42 Å². The Morgan fingerprint density at radius 2 is 2.05 bits per heavy atom. The number of halogens is 1. The fourth-order valence-electron chi connectivity index (χ4n) is 2.82. The second-order valence-corrected chi connectivity index (χ2v) is 7.99. The van der Waals surface area contributed by atoms with Crippen LogP contribution in [0.25, 0.3) is 0 Å². The van der Waals surface area contributed by atoms with E-state index in [1.807, 2.05) is 37.3 Å². The summed E-state index contributed by atoms with van der Waals surface area (Å²) in [7, 11) is 0. The summed E-state index contributed by atoms with van der Waals surface area (Å²) < 4.78 is 1.22. The Morgan fingerprint density at radius 3 is 2.85 bits per heavy atom. The van der Waals surface area contributed by atoms with E-state index in [9.17, 15) is 5.11 Å². The number of hydrogen-bond donors (Lipinski definition) is 2. The van der Waals surface area contributed by atoms with Crippen LogP contribution in [0.1, 0.15) is 40.5 Å². The Labute approximate surface area is 132 Å². The molecule has 1 atom stereocenters. The van der Waals surface area contributed by atoms with Gasteiger partial charge in [-0.2, -0.15) is 0 Å². The molecule has 0 fully saturated rings. The third kappa shape index (κ3) is 2.59. The first-order chi connectivity index (χ1) is 9.54. The molecule has 1 heterocycles. The fourth-order valence-corrected chi connectivity index (χ4v) is 4.63. The minimum absolute atomic E-state index is 0.371. The molecule has 1 unspecified atom stereocenters. The van der Waals surface area contributed by atoms with Crippen LogP contribution >= 0.6 is 27.3 Å². The van der Waals surface area contributed by atoms with Crippen LogP contribution in [-0.4, -0.2) is 5.11 Å². The van der Waals surface area contributed by atoms with Crippen LogP contribution in [0.5, 0.6) is 5.75 Å². The van der Waals surface area contributed by atoms with Crippen LogP contribution in [0.2, 0.25) is 0 Å². The summed E-state index contributed by atoms with van der Waals surface area (Å²) in [6.07, 6.45) is 3.58. The first-order valence-electron chi connectivity index (χ1n) is 6.89. The van der Waals surface area contributed by atoms with Gasteiger partial charge in [0.25, 0.3) is 0 Å². The molecule has 4 heteroatoms. The summed E-state index contributed by atoms with van der Waals surface area (Å²) in [4.78, 5) is 1.49. The van der Waals surface area contributed by atoms with Crippen molar-refractivity contribution >= 4 is 33.0 Å². The molecule has 106 valence electrons. The van der Waals surface area contributed by atoms with Gasteiger partial charge in [0.05, 0.1) is 9.83 Å². The lowest BCUT2D eigenvalue weighted by Crippen LogP contribution is -2.16. The minimum Gasteiger partial charge on any atom is -0.508 e. The van der Waals surface area contributed by atoms with E-state index in [1.54, 1.807) is 0 Å². The Morgan fingerprint density at radius 1 is 1.25 bits per heavy atom. The average molecular weight is 352 g/mol. The number of hydrogen-bond acceptors (Lipinski definition) is 3. The van der Waals surface area contributed by atoms with E-state index in [0.717, 1.165) is 23.2 Å². The van der Waals surface area contributed by atoms with Crippen molar-refractivity contribution in [1.29, 1.82) is 0 Å². The molecule has 0 amide bonds. The van der Waals surface area contributed by atoms with Crippen LogP contribution in [0.3, 0.4) is 0 Å². The third-order valence-corrected chi connectivity index (χ3v) is 5.67. The van der Waals surface area contributed by atoms with Gasteiger partial charge in [0.2, 0.25) is 0 Å². The molecule has 0 radical (unpaired) electrons. The van der Waals surface area contributed by atoms with Crippen molar-refractivity contribution in [2.24, 2.45) is 0 Å². The van der Waals surface area contributed by atoms with Crippen molar-refractivity contribution in [3.63, 3.8) is 0 Å². The number of thiophene rings is 1. The van der Waals surface area contributed by atoms with E-state index < -0.39 is 0 Å². The van der Waals surface area contributed by atoms with Gasteiger partial charge in [-0.3, -0.25) is 0 Å². The molecule has 1 aromatic heterocycles. The highest BCUT2D eigenvalue weighted by Crippen LogP contribution is 2.40. The Balaban J connectivity index is 1.91. The average Bonchev–Trinajstić information content (AvgIpc) is 2.77. The summed E-state index contributed by atoms with van der Waals surface area (Å²) in [6.45, 7) is 3.97. The smallest absolute Gasteiger partial charge is 0.118 e. The maximum absolute atomic E-state index is 9.76. The maximum atomic E-state index is 9.76. The predicted octanol–water partition coefficient (Wildman–Crippen LogP) is 5.32. The second-order valence-electron chi connectivity index (χ2n) is 5.47. The molecule has 1 aromatic carbocycles. The molecule has 2 N–H and O–H groups in total. The van der Waals surface area contributed by atoms with Crippen molar-refractivity contribution in [2.45, 2.75) is 39.2 Å². The largest absolute Gasteiger partial charge is 0.508 e. The summed E-state index contributed by atoms with van der Waals surface area (Å²) >= 11 is 5.45. The van der Waals surface area contributed by atoms with Crippen molar-refractivity contribution < 1.29 is 5.11 Å². The number of aryl methyl sites for hydroxylation is 3. The van der Waals surface area contributed by atoms with Crippen molar-refractivity contribution in [2.75, 3.05) is 5.32 Å². The lowest BCUT2D eigenvalue weighted by molar-refractivity contribution is 0.470. The SMILES string of the molecule is Cc1cc(NC2CCCc3sc(Br)cc32)c(C)cc1O. The Hall–Kier alpha value is -1.00. The number of anilines is 1.